The van der Waals surface area contributed by atoms with Crippen molar-refractivity contribution in [3.63, 3.8) is 0 Å². The van der Waals surface area contributed by atoms with E-state index in [2.05, 4.69) is 17.6 Å². The van der Waals surface area contributed by atoms with Crippen LogP contribution < -0.4 is 24.8 Å². The van der Waals surface area contributed by atoms with E-state index in [1.165, 1.54) is 27.8 Å². The zero-order valence-corrected chi connectivity index (χ0v) is 24.2. The van der Waals surface area contributed by atoms with E-state index in [1.54, 1.807) is 40.7 Å². The molecule has 0 aromatic heterocycles. The topological polar surface area (TPSA) is 106 Å². The second-order valence-electron chi connectivity index (χ2n) is 10.5. The van der Waals surface area contributed by atoms with E-state index in [1.807, 2.05) is 0 Å². The minimum atomic E-state index is -3.56. The van der Waals surface area contributed by atoms with Gasteiger partial charge in [-0.05, 0) is 73.6 Å². The molecule has 1 heterocycles. The molecule has 1 amide bonds. The Morgan fingerprint density at radius 3 is 2.03 bits per heavy atom. The minimum absolute atomic E-state index is 0.123. The maximum Gasteiger partial charge on any atom is 0.247 e. The number of rotatable bonds is 10. The first-order chi connectivity index (χ1) is 18.8. The van der Waals surface area contributed by atoms with Crippen molar-refractivity contribution < 1.29 is 27.4 Å². The van der Waals surface area contributed by atoms with Crippen LogP contribution in [0.3, 0.4) is 0 Å². The quantitative estimate of drug-likeness (QED) is 0.433. The Morgan fingerprint density at radius 2 is 1.49 bits per heavy atom. The van der Waals surface area contributed by atoms with E-state index < -0.39 is 16.1 Å². The van der Waals surface area contributed by atoms with Crippen LogP contribution in [0, 0.1) is 5.92 Å². The molecule has 39 heavy (non-hydrogen) atoms. The highest BCUT2D eigenvalue weighted by Gasteiger charge is 2.29. The number of hydrogen-bond acceptors (Lipinski definition) is 7. The second-order valence-corrected chi connectivity index (χ2v) is 12.4. The lowest BCUT2D eigenvalue weighted by atomic mass is 9.94. The summed E-state index contributed by atoms with van der Waals surface area (Å²) < 4.78 is 44.4. The maximum absolute atomic E-state index is 13.6. The molecule has 2 N–H and O–H groups in total. The van der Waals surface area contributed by atoms with E-state index >= 15 is 0 Å². The lowest BCUT2D eigenvalue weighted by Gasteiger charge is -2.29. The van der Waals surface area contributed by atoms with Crippen molar-refractivity contribution >= 4 is 21.6 Å². The van der Waals surface area contributed by atoms with Crippen LogP contribution in [0.1, 0.15) is 63.5 Å². The number of anilines is 1. The van der Waals surface area contributed by atoms with Gasteiger partial charge in [-0.3, -0.25) is 4.79 Å². The predicted octanol–water partition coefficient (Wildman–Crippen LogP) is 4.74. The first kappa shape index (κ1) is 29.0. The van der Waals surface area contributed by atoms with Gasteiger partial charge >= 0.3 is 0 Å². The number of piperidine rings is 1. The van der Waals surface area contributed by atoms with Crippen LogP contribution in [0.5, 0.6) is 17.2 Å². The predicted molar refractivity (Wildman–Crippen MR) is 151 cm³/mol. The summed E-state index contributed by atoms with van der Waals surface area (Å²) in [6.07, 6.45) is 7.02. The number of carbonyl (C=O) groups excluding carboxylic acids is 1. The monoisotopic (exact) mass is 559 g/mol. The third kappa shape index (κ3) is 6.78. The summed E-state index contributed by atoms with van der Waals surface area (Å²) in [6.45, 7) is 3.22. The Hall–Kier alpha value is -2.98. The summed E-state index contributed by atoms with van der Waals surface area (Å²) >= 11 is 0. The average molecular weight is 560 g/mol. The molecule has 2 aromatic rings. The van der Waals surface area contributed by atoms with Gasteiger partial charge in [0.25, 0.3) is 0 Å². The molecule has 0 radical (unpaired) electrons. The molecule has 2 aliphatic rings. The lowest BCUT2D eigenvalue weighted by Crippen LogP contribution is -2.41. The molecule has 1 saturated carbocycles. The van der Waals surface area contributed by atoms with Crippen molar-refractivity contribution in [2.45, 2.75) is 68.8 Å². The fourth-order valence-electron chi connectivity index (χ4n) is 5.36. The van der Waals surface area contributed by atoms with Gasteiger partial charge in [-0.2, -0.15) is 4.31 Å². The molecule has 10 heteroatoms. The number of sulfonamides is 1. The van der Waals surface area contributed by atoms with E-state index in [0.717, 1.165) is 38.5 Å². The van der Waals surface area contributed by atoms with Gasteiger partial charge in [0.2, 0.25) is 21.7 Å². The van der Waals surface area contributed by atoms with E-state index in [9.17, 15) is 13.2 Å². The number of nitrogens with one attached hydrogen (secondary N) is 2. The number of ether oxygens (including phenoxy) is 3. The highest BCUT2D eigenvalue weighted by molar-refractivity contribution is 7.89. The standard InChI is InChI=1S/C29H41N3O6S/c1-20-14-16-32(17-15-20)39(34,35)24-12-10-23(11-13-24)30-27(29(33)31-22-8-6-5-7-9-22)21-18-25(36-2)28(38-4)26(19-21)37-3/h10-13,18-20,22,27,30H,5-9,14-17H2,1-4H3,(H,31,33)/t27-/m1/s1. The zero-order chi connectivity index (χ0) is 28.0. The highest BCUT2D eigenvalue weighted by Crippen LogP contribution is 2.40. The SMILES string of the molecule is COc1cc([C@@H](Nc2ccc(S(=O)(=O)N3CCC(C)CC3)cc2)C(=O)NC2CCCCC2)cc(OC)c1OC. The van der Waals surface area contributed by atoms with Crippen LogP contribution in [0.25, 0.3) is 0 Å². The molecule has 1 saturated heterocycles. The van der Waals surface area contributed by atoms with Crippen molar-refractivity contribution in [3.8, 4) is 17.2 Å². The molecule has 1 aliphatic carbocycles. The number of carbonyl (C=O) groups is 1. The maximum atomic E-state index is 13.6. The molecule has 2 fully saturated rings. The molecule has 0 bridgehead atoms. The van der Waals surface area contributed by atoms with Gasteiger partial charge in [0, 0.05) is 24.8 Å². The van der Waals surface area contributed by atoms with Gasteiger partial charge in [-0.25, -0.2) is 8.42 Å². The van der Waals surface area contributed by atoms with Crippen molar-refractivity contribution in [2.75, 3.05) is 39.7 Å². The molecule has 9 nitrogen and oxygen atoms in total. The fourth-order valence-corrected chi connectivity index (χ4v) is 6.83. The number of nitrogens with zero attached hydrogens (tertiary/aromatic N) is 1. The van der Waals surface area contributed by atoms with Crippen LogP contribution in [0.15, 0.2) is 41.3 Å². The lowest BCUT2D eigenvalue weighted by molar-refractivity contribution is -0.122. The first-order valence-corrected chi connectivity index (χ1v) is 15.2. The van der Waals surface area contributed by atoms with E-state index in [4.69, 9.17) is 14.2 Å². The third-order valence-corrected chi connectivity index (χ3v) is 9.69. The third-order valence-electron chi connectivity index (χ3n) is 7.78. The van der Waals surface area contributed by atoms with E-state index in [0.29, 0.717) is 47.5 Å². The molecule has 214 valence electrons. The van der Waals surface area contributed by atoms with Crippen LogP contribution in [-0.2, 0) is 14.8 Å². The minimum Gasteiger partial charge on any atom is -0.493 e. The summed E-state index contributed by atoms with van der Waals surface area (Å²) in [5.74, 6) is 1.70. The molecular formula is C29H41N3O6S. The number of methoxy groups -OCH3 is 3. The molecule has 2 aromatic carbocycles. The number of amides is 1. The van der Waals surface area contributed by atoms with Gasteiger partial charge in [0.05, 0.1) is 26.2 Å². The van der Waals surface area contributed by atoms with Gasteiger partial charge in [-0.1, -0.05) is 26.2 Å². The van der Waals surface area contributed by atoms with E-state index in [-0.39, 0.29) is 16.8 Å². The molecule has 0 unspecified atom stereocenters. The summed E-state index contributed by atoms with van der Waals surface area (Å²) in [4.78, 5) is 13.9. The van der Waals surface area contributed by atoms with Crippen LogP contribution >= 0.6 is 0 Å². The Morgan fingerprint density at radius 1 is 0.897 bits per heavy atom. The summed E-state index contributed by atoms with van der Waals surface area (Å²) in [7, 11) is 1.04. The van der Waals surface area contributed by atoms with Gasteiger partial charge in [0.1, 0.15) is 6.04 Å². The fraction of sp³-hybridized carbons (Fsp3) is 0.552. The number of benzene rings is 2. The van der Waals surface area contributed by atoms with Crippen LogP contribution in [0.2, 0.25) is 0 Å². The highest BCUT2D eigenvalue weighted by atomic mass is 32.2. The average Bonchev–Trinajstić information content (AvgIpc) is 2.96. The largest absolute Gasteiger partial charge is 0.493 e. The smallest absolute Gasteiger partial charge is 0.247 e. The van der Waals surface area contributed by atoms with Gasteiger partial charge in [-0.15, -0.1) is 0 Å². The second kappa shape index (κ2) is 12.9. The Labute approximate surface area is 232 Å². The van der Waals surface area contributed by atoms with Crippen LogP contribution in [-0.4, -0.2) is 59.1 Å². The number of hydrogen-bond donors (Lipinski definition) is 2. The molecule has 1 aliphatic heterocycles. The van der Waals surface area contributed by atoms with Crippen molar-refractivity contribution in [1.82, 2.24) is 9.62 Å². The zero-order valence-electron chi connectivity index (χ0n) is 23.4. The van der Waals surface area contributed by atoms with Crippen molar-refractivity contribution in [1.29, 1.82) is 0 Å². The first-order valence-electron chi connectivity index (χ1n) is 13.7. The Balaban J connectivity index is 1.61. The van der Waals surface area contributed by atoms with Crippen molar-refractivity contribution in [2.24, 2.45) is 5.92 Å². The molecule has 1 atom stereocenters. The molecule has 0 spiro atoms. The summed E-state index contributed by atoms with van der Waals surface area (Å²) in [5.41, 5.74) is 1.26. The Bertz CT molecular complexity index is 1200. The van der Waals surface area contributed by atoms with Gasteiger partial charge in [0.15, 0.2) is 11.5 Å². The van der Waals surface area contributed by atoms with Gasteiger partial charge < -0.3 is 24.8 Å². The molecule has 4 rings (SSSR count). The summed E-state index contributed by atoms with van der Waals surface area (Å²) in [6, 6.07) is 9.48. The summed E-state index contributed by atoms with van der Waals surface area (Å²) in [5, 5.41) is 6.52. The Kier molecular flexibility index (Phi) is 9.61. The normalized spacial score (nSPS) is 18.3. The van der Waals surface area contributed by atoms with Crippen LogP contribution in [0.4, 0.5) is 5.69 Å². The molecular weight excluding hydrogens is 518 g/mol. The van der Waals surface area contributed by atoms with Crippen molar-refractivity contribution in [3.05, 3.63) is 42.0 Å².